The van der Waals surface area contributed by atoms with Crippen LogP contribution in [0.5, 0.6) is 0 Å². The van der Waals surface area contributed by atoms with Crippen LogP contribution in [0.25, 0.3) is 11.1 Å². The van der Waals surface area contributed by atoms with Crippen LogP contribution in [0.2, 0.25) is 0 Å². The van der Waals surface area contributed by atoms with E-state index in [1.165, 1.54) is 22.3 Å². The number of benzene rings is 2. The molecule has 0 heterocycles. The van der Waals surface area contributed by atoms with Gasteiger partial charge < -0.3 is 20.5 Å². The van der Waals surface area contributed by atoms with Gasteiger partial charge in [0.15, 0.2) is 0 Å². The van der Waals surface area contributed by atoms with E-state index in [4.69, 9.17) is 4.74 Å². The lowest BCUT2D eigenvalue weighted by Crippen LogP contribution is -2.50. The highest BCUT2D eigenvalue weighted by molar-refractivity contribution is 5.79. The number of carboxylic acids is 1. The Labute approximate surface area is 198 Å². The zero-order valence-corrected chi connectivity index (χ0v) is 19.0. The van der Waals surface area contributed by atoms with Gasteiger partial charge in [-0.05, 0) is 59.8 Å². The SMILES string of the molecule is O=C(CCCNC(=O)OCC1c2ccccc2-c2ccccc21)N[C@@H]1C[C@@H]2CC(C(=O)O)C[C@@H]21. The van der Waals surface area contributed by atoms with E-state index in [9.17, 15) is 19.5 Å². The molecule has 2 amide bonds. The molecule has 178 valence electrons. The molecule has 4 atom stereocenters. The molecule has 3 aliphatic rings. The summed E-state index contributed by atoms with van der Waals surface area (Å²) in [6, 6.07) is 16.5. The molecule has 0 aromatic heterocycles. The summed E-state index contributed by atoms with van der Waals surface area (Å²) in [6.45, 7) is 0.629. The number of rotatable bonds is 8. The largest absolute Gasteiger partial charge is 0.481 e. The standard InChI is InChI=1S/C27H30N2O5/c30-25(29-24-14-16-12-17(26(31)32)13-22(16)24)10-5-11-28-27(33)34-15-23-20-8-3-1-6-18(20)19-7-2-4-9-21(19)23/h1-4,6-9,16-17,22-24H,5,10-15H2,(H,28,33)(H,29,30)(H,31,32)/t16-,17?,22-,24+/m0/s1. The maximum absolute atomic E-state index is 12.3. The fourth-order valence-electron chi connectivity index (χ4n) is 5.96. The molecular formula is C27H30N2O5. The van der Waals surface area contributed by atoms with E-state index in [2.05, 4.69) is 34.9 Å². The van der Waals surface area contributed by atoms with Gasteiger partial charge in [-0.25, -0.2) is 4.79 Å². The maximum atomic E-state index is 12.3. The van der Waals surface area contributed by atoms with Crippen LogP contribution in [-0.4, -0.2) is 42.3 Å². The molecule has 2 saturated carbocycles. The number of nitrogens with one attached hydrogen (secondary N) is 2. The number of hydrogen-bond donors (Lipinski definition) is 3. The van der Waals surface area contributed by atoms with Crippen LogP contribution >= 0.6 is 0 Å². The van der Waals surface area contributed by atoms with Crippen molar-refractivity contribution in [3.05, 3.63) is 59.7 Å². The lowest BCUT2D eigenvalue weighted by atomic mass is 9.71. The lowest BCUT2D eigenvalue weighted by Gasteiger charge is -2.40. The minimum Gasteiger partial charge on any atom is -0.481 e. The average molecular weight is 463 g/mol. The Hall–Kier alpha value is -3.35. The predicted molar refractivity (Wildman–Crippen MR) is 126 cm³/mol. The molecule has 1 unspecified atom stereocenters. The quantitative estimate of drug-likeness (QED) is 0.516. The van der Waals surface area contributed by atoms with Crippen molar-refractivity contribution < 1.29 is 24.2 Å². The molecule has 0 radical (unpaired) electrons. The van der Waals surface area contributed by atoms with Gasteiger partial charge >= 0.3 is 12.1 Å². The first kappa shape index (κ1) is 22.4. The van der Waals surface area contributed by atoms with Crippen molar-refractivity contribution in [2.75, 3.05) is 13.2 Å². The molecule has 7 nitrogen and oxygen atoms in total. The van der Waals surface area contributed by atoms with E-state index >= 15 is 0 Å². The van der Waals surface area contributed by atoms with Gasteiger partial charge in [0.25, 0.3) is 0 Å². The van der Waals surface area contributed by atoms with E-state index in [1.807, 2.05) is 24.3 Å². The summed E-state index contributed by atoms with van der Waals surface area (Å²) >= 11 is 0. The lowest BCUT2D eigenvalue weighted by molar-refractivity contribution is -0.141. The summed E-state index contributed by atoms with van der Waals surface area (Å²) < 4.78 is 5.52. The van der Waals surface area contributed by atoms with Crippen LogP contribution in [0, 0.1) is 17.8 Å². The Morgan fingerprint density at radius 3 is 2.29 bits per heavy atom. The van der Waals surface area contributed by atoms with Gasteiger partial charge in [-0.2, -0.15) is 0 Å². The number of aliphatic carboxylic acids is 1. The van der Waals surface area contributed by atoms with Gasteiger partial charge in [-0.1, -0.05) is 48.5 Å². The number of carbonyl (C=O) groups excluding carboxylic acids is 2. The van der Waals surface area contributed by atoms with Gasteiger partial charge in [0.05, 0.1) is 5.92 Å². The van der Waals surface area contributed by atoms with Crippen molar-refractivity contribution in [1.82, 2.24) is 10.6 Å². The highest BCUT2D eigenvalue weighted by Gasteiger charge is 2.49. The van der Waals surface area contributed by atoms with E-state index in [1.54, 1.807) is 0 Å². The fraction of sp³-hybridized carbons (Fsp3) is 0.444. The highest BCUT2D eigenvalue weighted by atomic mass is 16.5. The molecule has 2 fully saturated rings. The average Bonchev–Trinajstić information content (AvgIpc) is 3.34. The van der Waals surface area contributed by atoms with E-state index in [-0.39, 0.29) is 30.4 Å². The summed E-state index contributed by atoms with van der Waals surface area (Å²) in [5, 5.41) is 15.0. The Morgan fingerprint density at radius 2 is 1.62 bits per heavy atom. The van der Waals surface area contributed by atoms with Crippen LogP contribution in [0.1, 0.15) is 49.1 Å². The maximum Gasteiger partial charge on any atom is 0.407 e. The summed E-state index contributed by atoms with van der Waals surface area (Å²) in [7, 11) is 0. The van der Waals surface area contributed by atoms with Crippen molar-refractivity contribution in [2.24, 2.45) is 17.8 Å². The van der Waals surface area contributed by atoms with Crippen LogP contribution in [0.4, 0.5) is 4.79 Å². The zero-order chi connectivity index (χ0) is 23.7. The molecule has 3 N–H and O–H groups in total. The Morgan fingerprint density at radius 1 is 0.941 bits per heavy atom. The molecule has 0 aliphatic heterocycles. The molecule has 2 aromatic rings. The molecular weight excluding hydrogens is 432 g/mol. The number of ether oxygens (including phenoxy) is 1. The van der Waals surface area contributed by atoms with Crippen LogP contribution < -0.4 is 10.6 Å². The van der Waals surface area contributed by atoms with Crippen LogP contribution in [0.15, 0.2) is 48.5 Å². The molecule has 7 heteroatoms. The molecule has 5 rings (SSSR count). The normalized spacial score (nSPS) is 24.4. The summed E-state index contributed by atoms with van der Waals surface area (Å²) in [4.78, 5) is 35.7. The number of carboxylic acid groups (broad SMARTS) is 1. The predicted octanol–water partition coefficient (Wildman–Crippen LogP) is 3.92. The molecule has 0 saturated heterocycles. The Bertz CT molecular complexity index is 1050. The minimum absolute atomic E-state index is 0.0199. The Balaban J connectivity index is 1.02. The van der Waals surface area contributed by atoms with Crippen molar-refractivity contribution in [1.29, 1.82) is 0 Å². The third kappa shape index (κ3) is 4.39. The third-order valence-electron chi connectivity index (χ3n) is 7.71. The van der Waals surface area contributed by atoms with Crippen molar-refractivity contribution in [3.8, 4) is 11.1 Å². The monoisotopic (exact) mass is 462 g/mol. The van der Waals surface area contributed by atoms with Gasteiger partial charge in [-0.15, -0.1) is 0 Å². The first-order chi connectivity index (χ1) is 16.5. The number of hydrogen-bond acceptors (Lipinski definition) is 4. The van der Waals surface area contributed by atoms with E-state index < -0.39 is 12.1 Å². The van der Waals surface area contributed by atoms with Crippen molar-refractivity contribution >= 4 is 18.0 Å². The number of fused-ring (bicyclic) bond motifs is 4. The minimum atomic E-state index is -0.723. The van der Waals surface area contributed by atoms with Gasteiger partial charge in [0.1, 0.15) is 6.61 Å². The second kappa shape index (κ2) is 9.49. The molecule has 3 aliphatic carbocycles. The van der Waals surface area contributed by atoms with E-state index in [0.29, 0.717) is 37.6 Å². The molecule has 34 heavy (non-hydrogen) atoms. The van der Waals surface area contributed by atoms with Crippen molar-refractivity contribution in [2.45, 2.75) is 44.1 Å². The van der Waals surface area contributed by atoms with E-state index in [0.717, 1.165) is 12.8 Å². The fourth-order valence-corrected chi connectivity index (χ4v) is 5.96. The highest BCUT2D eigenvalue weighted by Crippen LogP contribution is 2.49. The second-order valence-corrected chi connectivity index (χ2v) is 9.70. The summed E-state index contributed by atoms with van der Waals surface area (Å²) in [5.74, 6) is -0.286. The topological polar surface area (TPSA) is 105 Å². The second-order valence-electron chi connectivity index (χ2n) is 9.70. The smallest absolute Gasteiger partial charge is 0.407 e. The van der Waals surface area contributed by atoms with Crippen LogP contribution in [0.3, 0.4) is 0 Å². The molecule has 2 aromatic carbocycles. The number of alkyl carbamates (subject to hydrolysis) is 1. The third-order valence-corrected chi connectivity index (χ3v) is 7.71. The zero-order valence-electron chi connectivity index (χ0n) is 19.0. The number of amides is 2. The first-order valence-electron chi connectivity index (χ1n) is 12.1. The van der Waals surface area contributed by atoms with Gasteiger partial charge in [0.2, 0.25) is 5.91 Å². The molecule has 0 bridgehead atoms. The molecule has 0 spiro atoms. The van der Waals surface area contributed by atoms with Crippen LogP contribution in [-0.2, 0) is 14.3 Å². The van der Waals surface area contributed by atoms with Crippen molar-refractivity contribution in [3.63, 3.8) is 0 Å². The van der Waals surface area contributed by atoms with Gasteiger partial charge in [-0.3, -0.25) is 9.59 Å². The number of carbonyl (C=O) groups is 3. The summed E-state index contributed by atoms with van der Waals surface area (Å²) in [6.07, 6.45) is 2.63. The van der Waals surface area contributed by atoms with Gasteiger partial charge in [0, 0.05) is 24.9 Å². The first-order valence-corrected chi connectivity index (χ1v) is 12.1. The Kier molecular flexibility index (Phi) is 6.26. The summed E-state index contributed by atoms with van der Waals surface area (Å²) in [5.41, 5.74) is 4.71.